The second kappa shape index (κ2) is 6.33. The summed E-state index contributed by atoms with van der Waals surface area (Å²) in [5.41, 5.74) is 1.05. The van der Waals surface area contributed by atoms with E-state index in [0.29, 0.717) is 28.3 Å². The minimum Gasteiger partial charge on any atom is -0.478 e. The van der Waals surface area contributed by atoms with Gasteiger partial charge in [-0.25, -0.2) is 4.98 Å². The van der Waals surface area contributed by atoms with Gasteiger partial charge in [0.1, 0.15) is 5.69 Å². The Balaban J connectivity index is 2.23. The third-order valence-electron chi connectivity index (χ3n) is 2.46. The first-order valence-corrected chi connectivity index (χ1v) is 6.69. The molecule has 0 aliphatic rings. The minimum absolute atomic E-state index is 0.00624. The Hall–Kier alpha value is -2.15. The highest BCUT2D eigenvalue weighted by molar-refractivity contribution is 9.10. The molecule has 0 aliphatic carbocycles. The molecule has 7 heteroatoms. The first kappa shape index (κ1) is 14.3. The highest BCUT2D eigenvalue weighted by Crippen LogP contribution is 2.30. The molecule has 2 rings (SSSR count). The van der Waals surface area contributed by atoms with Gasteiger partial charge >= 0.3 is 0 Å². The molecule has 0 atom stereocenters. The number of nitro groups is 1. The zero-order valence-corrected chi connectivity index (χ0v) is 12.3. The molecule has 0 bridgehead atoms. The Morgan fingerprint density at radius 2 is 2.20 bits per heavy atom. The largest absolute Gasteiger partial charge is 0.478 e. The van der Waals surface area contributed by atoms with E-state index in [1.54, 1.807) is 30.5 Å². The predicted molar refractivity (Wildman–Crippen MR) is 79.5 cm³/mol. The number of pyridine rings is 1. The standard InChI is InChI=1S/C13H12BrN3O3/c1-2-20-13-6-4-10(8-15-13)16-11-5-3-9(14)7-12(11)17(18)19/h3-8,16H,2H2,1H3. The Bertz CT molecular complexity index is 617. The van der Waals surface area contributed by atoms with Gasteiger partial charge in [0.15, 0.2) is 0 Å². The quantitative estimate of drug-likeness (QED) is 0.661. The molecule has 1 heterocycles. The number of benzene rings is 1. The molecule has 2 aromatic rings. The number of anilines is 2. The fraction of sp³-hybridized carbons (Fsp3) is 0.154. The van der Waals surface area contributed by atoms with E-state index in [1.807, 2.05) is 6.92 Å². The lowest BCUT2D eigenvalue weighted by molar-refractivity contribution is -0.384. The highest BCUT2D eigenvalue weighted by atomic mass is 79.9. The van der Waals surface area contributed by atoms with Crippen LogP contribution in [0, 0.1) is 10.1 Å². The fourth-order valence-electron chi connectivity index (χ4n) is 1.60. The molecule has 1 aromatic heterocycles. The van der Waals surface area contributed by atoms with Crippen LogP contribution in [0.15, 0.2) is 41.0 Å². The molecule has 0 aliphatic heterocycles. The lowest BCUT2D eigenvalue weighted by Gasteiger charge is -2.08. The van der Waals surface area contributed by atoms with Crippen LogP contribution >= 0.6 is 15.9 Å². The van der Waals surface area contributed by atoms with Crippen LogP contribution in [-0.4, -0.2) is 16.5 Å². The predicted octanol–water partition coefficient (Wildman–Crippen LogP) is 3.89. The molecular formula is C13H12BrN3O3. The summed E-state index contributed by atoms with van der Waals surface area (Å²) in [5.74, 6) is 0.517. The van der Waals surface area contributed by atoms with Crippen molar-refractivity contribution in [3.63, 3.8) is 0 Å². The number of aromatic nitrogens is 1. The monoisotopic (exact) mass is 337 g/mol. The third kappa shape index (κ3) is 3.45. The fourth-order valence-corrected chi connectivity index (χ4v) is 1.95. The van der Waals surface area contributed by atoms with Gasteiger partial charge in [0.25, 0.3) is 5.69 Å². The minimum atomic E-state index is -0.435. The summed E-state index contributed by atoms with van der Waals surface area (Å²) in [4.78, 5) is 14.7. The van der Waals surface area contributed by atoms with E-state index < -0.39 is 4.92 Å². The van der Waals surface area contributed by atoms with Crippen LogP contribution in [0.4, 0.5) is 17.1 Å². The molecule has 1 N–H and O–H groups in total. The molecule has 0 radical (unpaired) electrons. The average molecular weight is 338 g/mol. The summed E-state index contributed by atoms with van der Waals surface area (Å²) in [6.45, 7) is 2.41. The van der Waals surface area contributed by atoms with Crippen LogP contribution in [0.25, 0.3) is 0 Å². The van der Waals surface area contributed by atoms with E-state index in [-0.39, 0.29) is 5.69 Å². The van der Waals surface area contributed by atoms with Crippen LogP contribution < -0.4 is 10.1 Å². The van der Waals surface area contributed by atoms with E-state index in [9.17, 15) is 10.1 Å². The highest BCUT2D eigenvalue weighted by Gasteiger charge is 2.14. The van der Waals surface area contributed by atoms with Gasteiger partial charge in [-0.15, -0.1) is 0 Å². The number of halogens is 1. The van der Waals surface area contributed by atoms with Gasteiger partial charge < -0.3 is 10.1 Å². The van der Waals surface area contributed by atoms with Gasteiger partial charge in [-0.2, -0.15) is 0 Å². The van der Waals surface area contributed by atoms with Crippen molar-refractivity contribution < 1.29 is 9.66 Å². The van der Waals surface area contributed by atoms with Crippen molar-refractivity contribution in [3.05, 3.63) is 51.1 Å². The van der Waals surface area contributed by atoms with E-state index in [0.717, 1.165) is 0 Å². The zero-order valence-electron chi connectivity index (χ0n) is 10.7. The van der Waals surface area contributed by atoms with Gasteiger partial charge in [-0.1, -0.05) is 15.9 Å². The molecule has 0 fully saturated rings. The number of hydrogen-bond acceptors (Lipinski definition) is 5. The number of nitrogens with one attached hydrogen (secondary N) is 1. The van der Waals surface area contributed by atoms with Crippen LogP contribution in [0.5, 0.6) is 5.88 Å². The van der Waals surface area contributed by atoms with Gasteiger partial charge in [0.05, 0.1) is 23.4 Å². The van der Waals surface area contributed by atoms with Crippen molar-refractivity contribution in [2.24, 2.45) is 0 Å². The topological polar surface area (TPSA) is 77.3 Å². The molecule has 1 aromatic carbocycles. The summed E-state index contributed by atoms with van der Waals surface area (Å²) in [6.07, 6.45) is 1.57. The molecule has 0 saturated carbocycles. The third-order valence-corrected chi connectivity index (χ3v) is 2.96. The van der Waals surface area contributed by atoms with Crippen molar-refractivity contribution in [2.75, 3.05) is 11.9 Å². The van der Waals surface area contributed by atoms with Crippen LogP contribution in [0.3, 0.4) is 0 Å². The number of rotatable bonds is 5. The second-order valence-electron chi connectivity index (χ2n) is 3.86. The molecule has 6 nitrogen and oxygen atoms in total. The van der Waals surface area contributed by atoms with E-state index in [4.69, 9.17) is 4.74 Å². The van der Waals surface area contributed by atoms with Crippen molar-refractivity contribution in [2.45, 2.75) is 6.92 Å². The molecule has 0 amide bonds. The summed E-state index contributed by atoms with van der Waals surface area (Å²) in [7, 11) is 0. The Kier molecular flexibility index (Phi) is 4.52. The van der Waals surface area contributed by atoms with E-state index in [1.165, 1.54) is 6.07 Å². The van der Waals surface area contributed by atoms with E-state index >= 15 is 0 Å². The summed E-state index contributed by atoms with van der Waals surface area (Å²) >= 11 is 3.22. The molecule has 20 heavy (non-hydrogen) atoms. The van der Waals surface area contributed by atoms with Crippen molar-refractivity contribution >= 4 is 33.0 Å². The molecule has 0 saturated heterocycles. The number of ether oxygens (including phenoxy) is 1. The number of nitro benzene ring substituents is 1. The summed E-state index contributed by atoms with van der Waals surface area (Å²) < 4.78 is 5.89. The average Bonchev–Trinajstić information content (AvgIpc) is 2.43. The smallest absolute Gasteiger partial charge is 0.293 e. The van der Waals surface area contributed by atoms with Crippen LogP contribution in [-0.2, 0) is 0 Å². The maximum absolute atomic E-state index is 11.0. The van der Waals surface area contributed by atoms with Crippen LogP contribution in [0.1, 0.15) is 6.92 Å². The summed E-state index contributed by atoms with van der Waals surface area (Å²) in [5, 5.41) is 14.0. The van der Waals surface area contributed by atoms with Gasteiger partial charge in [0.2, 0.25) is 5.88 Å². The van der Waals surface area contributed by atoms with Gasteiger partial charge in [-0.05, 0) is 25.1 Å². The maximum atomic E-state index is 11.0. The Labute approximate surface area is 124 Å². The van der Waals surface area contributed by atoms with Gasteiger partial charge in [0, 0.05) is 16.6 Å². The normalized spacial score (nSPS) is 10.1. The summed E-state index contributed by atoms with van der Waals surface area (Å²) in [6, 6.07) is 8.28. The Morgan fingerprint density at radius 1 is 1.40 bits per heavy atom. The SMILES string of the molecule is CCOc1ccc(Nc2ccc(Br)cc2[N+](=O)[O-])cn1. The molecule has 0 spiro atoms. The molecule has 104 valence electrons. The Morgan fingerprint density at radius 3 is 2.80 bits per heavy atom. The molecular weight excluding hydrogens is 326 g/mol. The van der Waals surface area contributed by atoms with Gasteiger partial charge in [-0.3, -0.25) is 10.1 Å². The number of nitrogens with zero attached hydrogens (tertiary/aromatic N) is 2. The van der Waals surface area contributed by atoms with Crippen molar-refractivity contribution in [3.8, 4) is 5.88 Å². The van der Waals surface area contributed by atoms with Crippen molar-refractivity contribution in [1.82, 2.24) is 4.98 Å². The second-order valence-corrected chi connectivity index (χ2v) is 4.78. The first-order valence-electron chi connectivity index (χ1n) is 5.90. The molecule has 0 unspecified atom stereocenters. The lowest BCUT2D eigenvalue weighted by atomic mass is 10.2. The van der Waals surface area contributed by atoms with Crippen LogP contribution in [0.2, 0.25) is 0 Å². The lowest BCUT2D eigenvalue weighted by Crippen LogP contribution is -1.98. The van der Waals surface area contributed by atoms with E-state index in [2.05, 4.69) is 26.2 Å². The maximum Gasteiger partial charge on any atom is 0.293 e. The van der Waals surface area contributed by atoms with Crippen molar-refractivity contribution in [1.29, 1.82) is 0 Å². The first-order chi connectivity index (χ1) is 9.60. The number of hydrogen-bond donors (Lipinski definition) is 1. The zero-order chi connectivity index (χ0) is 14.5.